The predicted molar refractivity (Wildman–Crippen MR) is 74.4 cm³/mol. The van der Waals surface area contributed by atoms with E-state index in [-0.39, 0.29) is 11.3 Å². The summed E-state index contributed by atoms with van der Waals surface area (Å²) in [6, 6.07) is 3.11. The van der Waals surface area contributed by atoms with Crippen LogP contribution in [0.2, 0.25) is 0 Å². The Balaban J connectivity index is 2.44. The van der Waals surface area contributed by atoms with Crippen molar-refractivity contribution in [3.63, 3.8) is 0 Å². The van der Waals surface area contributed by atoms with Gasteiger partial charge in [-0.25, -0.2) is 4.98 Å². The Morgan fingerprint density at radius 3 is 2.95 bits per heavy atom. The normalized spacial score (nSPS) is 10.3. The SMILES string of the molecule is CC(C)COCCCNc1ncc([N+](=O)[O-])cc1C#N. The zero-order chi connectivity index (χ0) is 15.0. The lowest BCUT2D eigenvalue weighted by Gasteiger charge is -2.08. The molecule has 0 bridgehead atoms. The van der Waals surface area contributed by atoms with Gasteiger partial charge in [0.25, 0.3) is 5.69 Å². The van der Waals surface area contributed by atoms with E-state index >= 15 is 0 Å². The van der Waals surface area contributed by atoms with Gasteiger partial charge in [0.2, 0.25) is 0 Å². The van der Waals surface area contributed by atoms with Crippen LogP contribution < -0.4 is 5.32 Å². The molecule has 0 radical (unpaired) electrons. The highest BCUT2D eigenvalue weighted by molar-refractivity contribution is 5.55. The van der Waals surface area contributed by atoms with Gasteiger partial charge in [-0.15, -0.1) is 0 Å². The second kappa shape index (κ2) is 8.07. The van der Waals surface area contributed by atoms with Crippen LogP contribution in [0.5, 0.6) is 0 Å². The maximum atomic E-state index is 10.6. The molecule has 1 rings (SSSR count). The molecule has 0 atom stereocenters. The number of nitrogens with one attached hydrogen (secondary N) is 1. The fourth-order valence-corrected chi connectivity index (χ4v) is 1.48. The minimum absolute atomic E-state index is 0.169. The molecular weight excluding hydrogens is 260 g/mol. The van der Waals surface area contributed by atoms with E-state index in [1.54, 1.807) is 0 Å². The van der Waals surface area contributed by atoms with Crippen LogP contribution in [0.25, 0.3) is 0 Å². The lowest BCUT2D eigenvalue weighted by Crippen LogP contribution is -2.10. The summed E-state index contributed by atoms with van der Waals surface area (Å²) in [5, 5.41) is 22.5. The summed E-state index contributed by atoms with van der Waals surface area (Å²) in [5.74, 6) is 0.867. The fourth-order valence-electron chi connectivity index (χ4n) is 1.48. The summed E-state index contributed by atoms with van der Waals surface area (Å²) in [6.07, 6.45) is 1.91. The molecule has 108 valence electrons. The maximum absolute atomic E-state index is 10.6. The number of hydrogen-bond donors (Lipinski definition) is 1. The lowest BCUT2D eigenvalue weighted by atomic mass is 10.2. The van der Waals surface area contributed by atoms with E-state index in [4.69, 9.17) is 10.00 Å². The number of nitriles is 1. The molecule has 0 aliphatic rings. The average molecular weight is 278 g/mol. The molecule has 0 aromatic carbocycles. The van der Waals surface area contributed by atoms with Crippen LogP contribution in [0.4, 0.5) is 11.5 Å². The predicted octanol–water partition coefficient (Wildman–Crippen LogP) is 2.34. The first-order valence-corrected chi connectivity index (χ1v) is 6.40. The number of hydrogen-bond acceptors (Lipinski definition) is 6. The zero-order valence-electron chi connectivity index (χ0n) is 11.6. The molecule has 1 heterocycles. The van der Waals surface area contributed by atoms with Crippen LogP contribution in [0.3, 0.4) is 0 Å². The van der Waals surface area contributed by atoms with E-state index in [2.05, 4.69) is 24.1 Å². The third-order valence-electron chi connectivity index (χ3n) is 2.41. The molecule has 1 aromatic heterocycles. The Labute approximate surface area is 117 Å². The van der Waals surface area contributed by atoms with Crippen molar-refractivity contribution in [3.05, 3.63) is 27.9 Å². The summed E-state index contributed by atoms with van der Waals surface area (Å²) in [6.45, 7) is 6.10. The molecule has 0 fully saturated rings. The van der Waals surface area contributed by atoms with Gasteiger partial charge >= 0.3 is 0 Å². The van der Waals surface area contributed by atoms with E-state index < -0.39 is 4.92 Å². The van der Waals surface area contributed by atoms with Crippen LogP contribution >= 0.6 is 0 Å². The van der Waals surface area contributed by atoms with Crippen molar-refractivity contribution in [2.45, 2.75) is 20.3 Å². The van der Waals surface area contributed by atoms with Gasteiger partial charge in [-0.3, -0.25) is 10.1 Å². The third kappa shape index (κ3) is 5.20. The summed E-state index contributed by atoms with van der Waals surface area (Å²) in [5.41, 5.74) is -0.0188. The van der Waals surface area contributed by atoms with Crippen molar-refractivity contribution in [1.29, 1.82) is 5.26 Å². The molecule has 7 heteroatoms. The second-order valence-electron chi connectivity index (χ2n) is 4.71. The standard InChI is InChI=1S/C13H18N4O3/c1-10(2)9-20-5-3-4-15-13-11(7-14)6-12(8-16-13)17(18)19/h6,8,10H,3-5,9H2,1-2H3,(H,15,16). The van der Waals surface area contributed by atoms with E-state index in [9.17, 15) is 10.1 Å². The number of nitrogens with zero attached hydrogens (tertiary/aromatic N) is 3. The molecule has 1 aromatic rings. The summed E-state index contributed by atoms with van der Waals surface area (Å²) < 4.78 is 5.43. The van der Waals surface area contributed by atoms with Gasteiger partial charge in [0.15, 0.2) is 0 Å². The topological polar surface area (TPSA) is 101 Å². The first kappa shape index (κ1) is 15.9. The Hall–Kier alpha value is -2.20. The van der Waals surface area contributed by atoms with Crippen molar-refractivity contribution in [2.75, 3.05) is 25.1 Å². The summed E-state index contributed by atoms with van der Waals surface area (Å²) >= 11 is 0. The van der Waals surface area contributed by atoms with E-state index in [1.807, 2.05) is 6.07 Å². The number of aromatic nitrogens is 1. The smallest absolute Gasteiger partial charge is 0.289 e. The molecule has 7 nitrogen and oxygen atoms in total. The van der Waals surface area contributed by atoms with E-state index in [1.165, 1.54) is 6.07 Å². The first-order chi connectivity index (χ1) is 9.54. The molecule has 0 aliphatic carbocycles. The molecule has 0 saturated carbocycles. The van der Waals surface area contributed by atoms with Gasteiger partial charge < -0.3 is 10.1 Å². The van der Waals surface area contributed by atoms with Crippen molar-refractivity contribution >= 4 is 11.5 Å². The van der Waals surface area contributed by atoms with Crippen LogP contribution in [-0.4, -0.2) is 29.7 Å². The molecule has 1 N–H and O–H groups in total. The minimum atomic E-state index is -0.572. The minimum Gasteiger partial charge on any atom is -0.381 e. The lowest BCUT2D eigenvalue weighted by molar-refractivity contribution is -0.385. The van der Waals surface area contributed by atoms with Gasteiger partial charge in [-0.05, 0) is 12.3 Å². The molecule has 0 aliphatic heterocycles. The quantitative estimate of drug-likeness (QED) is 0.445. The highest BCUT2D eigenvalue weighted by Crippen LogP contribution is 2.17. The number of nitro groups is 1. The van der Waals surface area contributed by atoms with Crippen molar-refractivity contribution in [3.8, 4) is 6.07 Å². The van der Waals surface area contributed by atoms with Gasteiger partial charge in [0.05, 0.1) is 4.92 Å². The van der Waals surface area contributed by atoms with Gasteiger partial charge in [0, 0.05) is 25.8 Å². The Bertz CT molecular complexity index is 497. The van der Waals surface area contributed by atoms with Crippen LogP contribution in [-0.2, 0) is 4.74 Å². The highest BCUT2D eigenvalue weighted by Gasteiger charge is 2.11. The number of rotatable bonds is 8. The first-order valence-electron chi connectivity index (χ1n) is 6.40. The maximum Gasteiger partial charge on any atom is 0.289 e. The summed E-state index contributed by atoms with van der Waals surface area (Å²) in [4.78, 5) is 13.9. The Morgan fingerprint density at radius 2 is 2.35 bits per heavy atom. The van der Waals surface area contributed by atoms with Gasteiger partial charge in [-0.2, -0.15) is 5.26 Å². The molecule has 0 unspecified atom stereocenters. The fraction of sp³-hybridized carbons (Fsp3) is 0.538. The van der Waals surface area contributed by atoms with Crippen LogP contribution in [0, 0.1) is 27.4 Å². The number of ether oxygens (including phenoxy) is 1. The molecule has 20 heavy (non-hydrogen) atoms. The van der Waals surface area contributed by atoms with Crippen LogP contribution in [0.15, 0.2) is 12.3 Å². The highest BCUT2D eigenvalue weighted by atomic mass is 16.6. The third-order valence-corrected chi connectivity index (χ3v) is 2.41. The average Bonchev–Trinajstić information content (AvgIpc) is 2.42. The zero-order valence-corrected chi connectivity index (χ0v) is 11.6. The largest absolute Gasteiger partial charge is 0.381 e. The Kier molecular flexibility index (Phi) is 6.40. The number of anilines is 1. The second-order valence-corrected chi connectivity index (χ2v) is 4.71. The summed E-state index contributed by atoms with van der Waals surface area (Å²) in [7, 11) is 0. The van der Waals surface area contributed by atoms with Gasteiger partial charge in [-0.1, -0.05) is 13.8 Å². The van der Waals surface area contributed by atoms with Crippen molar-refractivity contribution in [1.82, 2.24) is 4.98 Å². The Morgan fingerprint density at radius 1 is 1.60 bits per heavy atom. The monoisotopic (exact) mass is 278 g/mol. The van der Waals surface area contributed by atoms with Gasteiger partial charge in [0.1, 0.15) is 23.6 Å². The molecular formula is C13H18N4O3. The van der Waals surface area contributed by atoms with E-state index in [0.29, 0.717) is 24.9 Å². The van der Waals surface area contributed by atoms with Crippen molar-refractivity contribution in [2.24, 2.45) is 5.92 Å². The van der Waals surface area contributed by atoms with E-state index in [0.717, 1.165) is 19.2 Å². The number of pyridine rings is 1. The van der Waals surface area contributed by atoms with Crippen molar-refractivity contribution < 1.29 is 9.66 Å². The molecule has 0 amide bonds. The molecule has 0 spiro atoms. The molecule has 0 saturated heterocycles. The van der Waals surface area contributed by atoms with Crippen LogP contribution in [0.1, 0.15) is 25.8 Å².